The van der Waals surface area contributed by atoms with Crippen molar-refractivity contribution in [3.63, 3.8) is 0 Å². The Morgan fingerprint density at radius 1 is 1.70 bits per heavy atom. The summed E-state index contributed by atoms with van der Waals surface area (Å²) in [6.45, 7) is 6.90. The van der Waals surface area contributed by atoms with Crippen LogP contribution in [0, 0.1) is 6.92 Å². The molecule has 3 nitrogen and oxygen atoms in total. The van der Waals surface area contributed by atoms with Crippen LogP contribution in [-0.2, 0) is 9.53 Å². The summed E-state index contributed by atoms with van der Waals surface area (Å²) in [6.07, 6.45) is 0.532. The number of nitrogens with one attached hydrogen (secondary N) is 1. The minimum Gasteiger partial charge on any atom is -0.380 e. The van der Waals surface area contributed by atoms with Crippen molar-refractivity contribution in [2.75, 3.05) is 19.8 Å². The normalized spacial score (nSPS) is 9.40. The molecule has 0 saturated carbocycles. The third-order valence-electron chi connectivity index (χ3n) is 1.03. The number of ether oxygens (including phenoxy) is 1. The Bertz CT molecular complexity index is 93.6. The summed E-state index contributed by atoms with van der Waals surface area (Å²) in [6, 6.07) is 0. The molecular weight excluding hydrogens is 130 g/mol. The van der Waals surface area contributed by atoms with Crippen molar-refractivity contribution in [3.05, 3.63) is 6.92 Å². The molecule has 1 radical (unpaired) electrons. The molecule has 1 amide bonds. The highest BCUT2D eigenvalue weighted by molar-refractivity contribution is 5.75. The number of hydrogen-bond donors (Lipinski definition) is 1. The molecule has 0 heterocycles. The van der Waals surface area contributed by atoms with Crippen molar-refractivity contribution >= 4 is 5.91 Å². The molecule has 59 valence electrons. The molecule has 0 fully saturated rings. The predicted molar refractivity (Wildman–Crippen MR) is 39.5 cm³/mol. The van der Waals surface area contributed by atoms with Gasteiger partial charge in [-0.15, -0.1) is 0 Å². The Kier molecular flexibility index (Phi) is 6.18. The molecule has 0 aliphatic carbocycles. The van der Waals surface area contributed by atoms with E-state index in [2.05, 4.69) is 12.2 Å². The number of amides is 1. The molecule has 1 N–H and O–H groups in total. The fourth-order valence-electron chi connectivity index (χ4n) is 0.490. The van der Waals surface area contributed by atoms with Crippen LogP contribution in [-0.4, -0.2) is 25.7 Å². The third-order valence-corrected chi connectivity index (χ3v) is 1.03. The van der Waals surface area contributed by atoms with Crippen molar-refractivity contribution in [3.8, 4) is 0 Å². The van der Waals surface area contributed by atoms with E-state index in [9.17, 15) is 4.79 Å². The summed E-state index contributed by atoms with van der Waals surface area (Å²) in [4.78, 5) is 10.6. The molecule has 0 aliphatic heterocycles. The standard InChI is InChI=1S/C7H14NO2/c1-3-7(9)8-5-6-10-4-2/h2-6H2,1H3,(H,8,9). The molecular formula is C7H14NO2. The van der Waals surface area contributed by atoms with Crippen LogP contribution in [0.25, 0.3) is 0 Å². The van der Waals surface area contributed by atoms with Crippen molar-refractivity contribution in [2.24, 2.45) is 0 Å². The van der Waals surface area contributed by atoms with Crippen LogP contribution < -0.4 is 5.32 Å². The van der Waals surface area contributed by atoms with Gasteiger partial charge in [0.15, 0.2) is 0 Å². The Morgan fingerprint density at radius 2 is 2.40 bits per heavy atom. The van der Waals surface area contributed by atoms with Crippen molar-refractivity contribution in [1.82, 2.24) is 5.32 Å². The van der Waals surface area contributed by atoms with E-state index in [-0.39, 0.29) is 5.91 Å². The van der Waals surface area contributed by atoms with Gasteiger partial charge in [-0.3, -0.25) is 4.79 Å². The number of rotatable bonds is 5. The Hall–Kier alpha value is -0.570. The maximum absolute atomic E-state index is 10.6. The lowest BCUT2D eigenvalue weighted by atomic mass is 10.4. The van der Waals surface area contributed by atoms with Gasteiger partial charge >= 0.3 is 0 Å². The van der Waals surface area contributed by atoms with Crippen molar-refractivity contribution < 1.29 is 9.53 Å². The zero-order valence-electron chi connectivity index (χ0n) is 6.35. The van der Waals surface area contributed by atoms with Gasteiger partial charge in [-0.2, -0.15) is 0 Å². The molecule has 0 unspecified atom stereocenters. The number of hydrogen-bond acceptors (Lipinski definition) is 2. The van der Waals surface area contributed by atoms with Crippen LogP contribution in [0.1, 0.15) is 13.3 Å². The van der Waals surface area contributed by atoms with E-state index in [0.29, 0.717) is 26.2 Å². The van der Waals surface area contributed by atoms with Gasteiger partial charge in [0.1, 0.15) is 0 Å². The summed E-state index contributed by atoms with van der Waals surface area (Å²) < 4.78 is 4.90. The summed E-state index contributed by atoms with van der Waals surface area (Å²) in [7, 11) is 0. The molecule has 0 spiro atoms. The third kappa shape index (κ3) is 5.56. The van der Waals surface area contributed by atoms with E-state index >= 15 is 0 Å². The molecule has 0 aromatic heterocycles. The fraction of sp³-hybridized carbons (Fsp3) is 0.714. The highest BCUT2D eigenvalue weighted by Gasteiger charge is 1.92. The zero-order valence-corrected chi connectivity index (χ0v) is 6.35. The Morgan fingerprint density at radius 3 is 2.90 bits per heavy atom. The first kappa shape index (κ1) is 9.43. The smallest absolute Gasteiger partial charge is 0.219 e. The summed E-state index contributed by atoms with van der Waals surface area (Å²) in [5.74, 6) is 0.0627. The minimum atomic E-state index is 0.0627. The maximum Gasteiger partial charge on any atom is 0.219 e. The molecule has 0 bridgehead atoms. The van der Waals surface area contributed by atoms with Crippen LogP contribution in [0.15, 0.2) is 0 Å². The Labute approximate surface area is 61.8 Å². The fourth-order valence-corrected chi connectivity index (χ4v) is 0.490. The molecule has 0 aliphatic rings. The molecule has 0 saturated heterocycles. The van der Waals surface area contributed by atoms with E-state index in [1.165, 1.54) is 0 Å². The van der Waals surface area contributed by atoms with Crippen LogP contribution >= 0.6 is 0 Å². The van der Waals surface area contributed by atoms with Gasteiger partial charge in [-0.1, -0.05) is 6.92 Å². The predicted octanol–water partition coefficient (Wildman–Crippen LogP) is 0.363. The molecule has 0 aromatic rings. The lowest BCUT2D eigenvalue weighted by molar-refractivity contribution is -0.120. The SMILES string of the molecule is [CH2]COCCNC(=O)CC. The summed E-state index contributed by atoms with van der Waals surface area (Å²) in [5, 5.41) is 2.68. The van der Waals surface area contributed by atoms with Gasteiger partial charge in [0.2, 0.25) is 5.91 Å². The molecule has 0 atom stereocenters. The van der Waals surface area contributed by atoms with Gasteiger partial charge < -0.3 is 10.1 Å². The van der Waals surface area contributed by atoms with E-state index in [1.807, 2.05) is 6.92 Å². The number of carbonyl (C=O) groups excluding carboxylic acids is 1. The highest BCUT2D eigenvalue weighted by atomic mass is 16.5. The largest absolute Gasteiger partial charge is 0.380 e. The lowest BCUT2D eigenvalue weighted by Gasteiger charge is -2.01. The van der Waals surface area contributed by atoms with Gasteiger partial charge in [0, 0.05) is 19.6 Å². The van der Waals surface area contributed by atoms with Crippen molar-refractivity contribution in [1.29, 1.82) is 0 Å². The average Bonchev–Trinajstić information content (AvgIpc) is 1.98. The topological polar surface area (TPSA) is 38.3 Å². The average molecular weight is 144 g/mol. The van der Waals surface area contributed by atoms with Crippen LogP contribution in [0.2, 0.25) is 0 Å². The molecule has 0 aromatic carbocycles. The minimum absolute atomic E-state index is 0.0627. The first-order chi connectivity index (χ1) is 4.81. The van der Waals surface area contributed by atoms with Crippen LogP contribution in [0.4, 0.5) is 0 Å². The molecule has 3 heteroatoms. The second-order valence-electron chi connectivity index (χ2n) is 1.82. The van der Waals surface area contributed by atoms with Gasteiger partial charge in [-0.25, -0.2) is 0 Å². The van der Waals surface area contributed by atoms with Gasteiger partial charge in [-0.05, 0) is 6.92 Å². The number of carbonyl (C=O) groups is 1. The molecule has 10 heavy (non-hydrogen) atoms. The first-order valence-corrected chi connectivity index (χ1v) is 3.45. The van der Waals surface area contributed by atoms with Gasteiger partial charge in [0.05, 0.1) is 6.61 Å². The molecule has 0 rings (SSSR count). The quantitative estimate of drug-likeness (QED) is 0.566. The summed E-state index contributed by atoms with van der Waals surface area (Å²) >= 11 is 0. The van der Waals surface area contributed by atoms with E-state index in [4.69, 9.17) is 4.74 Å². The van der Waals surface area contributed by atoms with E-state index in [1.54, 1.807) is 0 Å². The maximum atomic E-state index is 10.6. The Balaban J connectivity index is 2.96. The monoisotopic (exact) mass is 144 g/mol. The van der Waals surface area contributed by atoms with Crippen molar-refractivity contribution in [2.45, 2.75) is 13.3 Å². The zero-order chi connectivity index (χ0) is 7.82. The lowest BCUT2D eigenvalue weighted by Crippen LogP contribution is -2.26. The van der Waals surface area contributed by atoms with Crippen LogP contribution in [0.5, 0.6) is 0 Å². The second-order valence-corrected chi connectivity index (χ2v) is 1.82. The highest BCUT2D eigenvalue weighted by Crippen LogP contribution is 1.75. The van der Waals surface area contributed by atoms with E-state index < -0.39 is 0 Å². The first-order valence-electron chi connectivity index (χ1n) is 3.45. The second kappa shape index (κ2) is 6.55. The van der Waals surface area contributed by atoms with E-state index in [0.717, 1.165) is 0 Å². The summed E-state index contributed by atoms with van der Waals surface area (Å²) in [5.41, 5.74) is 0. The van der Waals surface area contributed by atoms with Gasteiger partial charge in [0.25, 0.3) is 0 Å². The van der Waals surface area contributed by atoms with Crippen LogP contribution in [0.3, 0.4) is 0 Å².